The van der Waals surface area contributed by atoms with Crippen molar-refractivity contribution in [3.05, 3.63) is 0 Å². The third-order valence-electron chi connectivity index (χ3n) is 3.56. The van der Waals surface area contributed by atoms with Gasteiger partial charge < -0.3 is 14.8 Å². The maximum atomic E-state index is 11.8. The molecule has 0 rings (SSSR count). The summed E-state index contributed by atoms with van der Waals surface area (Å²) in [6, 6.07) is 0. The molecular formula is C16H33NO3. The van der Waals surface area contributed by atoms with Crippen LogP contribution in [0.15, 0.2) is 0 Å². The first-order chi connectivity index (χ1) is 9.60. The fourth-order valence-corrected chi connectivity index (χ4v) is 2.32. The number of carbonyl (C=O) groups excluding carboxylic acids is 1. The van der Waals surface area contributed by atoms with Crippen LogP contribution in [-0.2, 0) is 14.3 Å². The summed E-state index contributed by atoms with van der Waals surface area (Å²) >= 11 is 0. The Labute approximate surface area is 124 Å². The third-order valence-corrected chi connectivity index (χ3v) is 3.56. The highest BCUT2D eigenvalue weighted by atomic mass is 16.5. The van der Waals surface area contributed by atoms with Gasteiger partial charge in [-0.25, -0.2) is 0 Å². The van der Waals surface area contributed by atoms with Crippen LogP contribution in [0.5, 0.6) is 0 Å². The quantitative estimate of drug-likeness (QED) is 0.417. The maximum Gasteiger partial charge on any atom is 0.325 e. The molecule has 0 amide bonds. The molecule has 0 aliphatic heterocycles. The van der Waals surface area contributed by atoms with Crippen molar-refractivity contribution >= 4 is 5.97 Å². The van der Waals surface area contributed by atoms with Gasteiger partial charge in [-0.1, -0.05) is 39.5 Å². The van der Waals surface area contributed by atoms with E-state index >= 15 is 0 Å². The molecule has 1 atom stereocenters. The lowest BCUT2D eigenvalue weighted by atomic mass is 9.96. The lowest BCUT2D eigenvalue weighted by molar-refractivity contribution is -0.148. The Kier molecular flexibility index (Phi) is 11.8. The Morgan fingerprint density at radius 1 is 1.05 bits per heavy atom. The highest BCUT2D eigenvalue weighted by Crippen LogP contribution is 2.14. The number of carbonyl (C=O) groups is 1. The molecule has 0 aromatic rings. The summed E-state index contributed by atoms with van der Waals surface area (Å²) in [4.78, 5) is 11.8. The Bertz CT molecular complexity index is 246. The Morgan fingerprint density at radius 2 is 1.70 bits per heavy atom. The van der Waals surface area contributed by atoms with Gasteiger partial charge in [0.2, 0.25) is 0 Å². The zero-order valence-corrected chi connectivity index (χ0v) is 13.8. The van der Waals surface area contributed by atoms with E-state index in [-0.39, 0.29) is 5.97 Å². The van der Waals surface area contributed by atoms with E-state index < -0.39 is 5.54 Å². The van der Waals surface area contributed by atoms with Gasteiger partial charge in [0.05, 0.1) is 7.11 Å². The topological polar surface area (TPSA) is 47.6 Å². The van der Waals surface area contributed by atoms with E-state index in [1.54, 1.807) is 0 Å². The van der Waals surface area contributed by atoms with Crippen molar-refractivity contribution in [2.24, 2.45) is 0 Å². The van der Waals surface area contributed by atoms with Crippen LogP contribution in [0.4, 0.5) is 0 Å². The van der Waals surface area contributed by atoms with Crippen LogP contribution in [-0.4, -0.2) is 38.4 Å². The minimum atomic E-state index is -0.589. The van der Waals surface area contributed by atoms with Crippen LogP contribution in [0.2, 0.25) is 0 Å². The Hall–Kier alpha value is -0.610. The summed E-state index contributed by atoms with van der Waals surface area (Å²) in [5, 5.41) is 3.20. The first kappa shape index (κ1) is 19.4. The van der Waals surface area contributed by atoms with Crippen molar-refractivity contribution in [2.75, 3.05) is 26.9 Å². The van der Waals surface area contributed by atoms with E-state index in [1.807, 2.05) is 13.8 Å². The smallest absolute Gasteiger partial charge is 0.325 e. The van der Waals surface area contributed by atoms with E-state index in [9.17, 15) is 4.79 Å². The van der Waals surface area contributed by atoms with Gasteiger partial charge in [-0.3, -0.25) is 4.79 Å². The van der Waals surface area contributed by atoms with E-state index in [4.69, 9.17) is 9.47 Å². The number of rotatable bonds is 13. The Morgan fingerprint density at radius 3 is 2.30 bits per heavy atom. The van der Waals surface area contributed by atoms with E-state index in [0.717, 1.165) is 32.4 Å². The van der Waals surface area contributed by atoms with E-state index in [0.29, 0.717) is 6.61 Å². The zero-order chi connectivity index (χ0) is 15.3. The van der Waals surface area contributed by atoms with Gasteiger partial charge in [0.25, 0.3) is 0 Å². The molecule has 0 saturated carbocycles. The van der Waals surface area contributed by atoms with Gasteiger partial charge in [0, 0.05) is 13.2 Å². The number of nitrogens with one attached hydrogen (secondary N) is 1. The molecule has 0 heterocycles. The fourth-order valence-electron chi connectivity index (χ4n) is 2.32. The van der Waals surface area contributed by atoms with Gasteiger partial charge in [0.1, 0.15) is 5.54 Å². The molecular weight excluding hydrogens is 254 g/mol. The largest absolute Gasteiger partial charge is 0.468 e. The minimum Gasteiger partial charge on any atom is -0.468 e. The predicted molar refractivity (Wildman–Crippen MR) is 82.9 cm³/mol. The van der Waals surface area contributed by atoms with Crippen molar-refractivity contribution in [2.45, 2.75) is 71.3 Å². The molecule has 1 unspecified atom stereocenters. The highest BCUT2D eigenvalue weighted by molar-refractivity contribution is 5.80. The standard InChI is InChI=1S/C16H33NO3/c1-5-7-8-9-10-13-20-14-11-12-16(3,17-6-2)15(18)19-4/h17H,5-14H2,1-4H3. The van der Waals surface area contributed by atoms with Crippen molar-refractivity contribution in [1.82, 2.24) is 5.32 Å². The van der Waals surface area contributed by atoms with Crippen LogP contribution in [0, 0.1) is 0 Å². The van der Waals surface area contributed by atoms with Crippen molar-refractivity contribution in [3.8, 4) is 0 Å². The second-order valence-electron chi connectivity index (χ2n) is 5.48. The molecule has 0 fully saturated rings. The molecule has 0 radical (unpaired) electrons. The van der Waals surface area contributed by atoms with Gasteiger partial charge in [-0.05, 0) is 32.7 Å². The van der Waals surface area contributed by atoms with Gasteiger partial charge in [-0.2, -0.15) is 0 Å². The lowest BCUT2D eigenvalue weighted by Crippen LogP contribution is -2.50. The first-order valence-electron chi connectivity index (χ1n) is 8.02. The van der Waals surface area contributed by atoms with Crippen LogP contribution < -0.4 is 5.32 Å². The number of likely N-dealkylation sites (N-methyl/N-ethyl adjacent to an activating group) is 1. The number of hydrogen-bond donors (Lipinski definition) is 1. The van der Waals surface area contributed by atoms with Crippen LogP contribution in [0.3, 0.4) is 0 Å². The summed E-state index contributed by atoms with van der Waals surface area (Å²) in [6.45, 7) is 8.41. The summed E-state index contributed by atoms with van der Waals surface area (Å²) in [5.74, 6) is -0.195. The molecule has 0 saturated heterocycles. The van der Waals surface area contributed by atoms with Gasteiger partial charge in [0.15, 0.2) is 0 Å². The lowest BCUT2D eigenvalue weighted by Gasteiger charge is -2.27. The maximum absolute atomic E-state index is 11.8. The van der Waals surface area contributed by atoms with Crippen molar-refractivity contribution < 1.29 is 14.3 Å². The molecule has 1 N–H and O–H groups in total. The van der Waals surface area contributed by atoms with Crippen LogP contribution in [0.25, 0.3) is 0 Å². The number of unbranched alkanes of at least 4 members (excludes halogenated alkanes) is 4. The van der Waals surface area contributed by atoms with Crippen molar-refractivity contribution in [1.29, 1.82) is 0 Å². The van der Waals surface area contributed by atoms with Gasteiger partial charge >= 0.3 is 5.97 Å². The Balaban J connectivity index is 3.67. The SMILES string of the molecule is CCCCCCCOCCCC(C)(NCC)C(=O)OC. The molecule has 0 spiro atoms. The van der Waals surface area contributed by atoms with E-state index in [2.05, 4.69) is 12.2 Å². The second-order valence-corrected chi connectivity index (χ2v) is 5.48. The first-order valence-corrected chi connectivity index (χ1v) is 8.02. The number of ether oxygens (including phenoxy) is 2. The molecule has 0 aromatic heterocycles. The van der Waals surface area contributed by atoms with Crippen LogP contribution in [0.1, 0.15) is 65.7 Å². The molecule has 0 aromatic carbocycles. The van der Waals surface area contributed by atoms with E-state index in [1.165, 1.54) is 32.8 Å². The average Bonchev–Trinajstić information content (AvgIpc) is 2.45. The second kappa shape index (κ2) is 12.2. The summed E-state index contributed by atoms with van der Waals surface area (Å²) in [6.07, 6.45) is 7.90. The van der Waals surface area contributed by atoms with Crippen LogP contribution >= 0.6 is 0 Å². The molecule has 4 nitrogen and oxygen atoms in total. The highest BCUT2D eigenvalue weighted by Gasteiger charge is 2.32. The monoisotopic (exact) mass is 287 g/mol. The molecule has 4 heteroatoms. The normalized spacial score (nSPS) is 14.0. The summed E-state index contributed by atoms with van der Waals surface area (Å²) in [7, 11) is 1.44. The van der Waals surface area contributed by atoms with Gasteiger partial charge in [-0.15, -0.1) is 0 Å². The average molecular weight is 287 g/mol. The summed E-state index contributed by atoms with van der Waals surface area (Å²) < 4.78 is 10.5. The predicted octanol–water partition coefficient (Wildman–Crippen LogP) is 3.29. The number of hydrogen-bond acceptors (Lipinski definition) is 4. The molecule has 20 heavy (non-hydrogen) atoms. The molecule has 0 aliphatic rings. The molecule has 0 aliphatic carbocycles. The summed E-state index contributed by atoms with van der Waals surface area (Å²) in [5.41, 5.74) is -0.589. The zero-order valence-electron chi connectivity index (χ0n) is 13.8. The number of methoxy groups -OCH3 is 1. The van der Waals surface area contributed by atoms with Crippen molar-refractivity contribution in [3.63, 3.8) is 0 Å². The molecule has 120 valence electrons. The third kappa shape index (κ3) is 8.54. The fraction of sp³-hybridized carbons (Fsp3) is 0.938. The number of esters is 1. The minimum absolute atomic E-state index is 0.195. The molecule has 0 bridgehead atoms.